The van der Waals surface area contributed by atoms with Gasteiger partial charge in [0.05, 0.1) is 13.1 Å². The number of anilines is 1. The Hall–Kier alpha value is -4.25. The van der Waals surface area contributed by atoms with Crippen molar-refractivity contribution in [2.75, 3.05) is 51.2 Å². The van der Waals surface area contributed by atoms with Crippen molar-refractivity contribution in [1.82, 2.24) is 26.2 Å². The molecule has 11 nitrogen and oxygen atoms in total. The van der Waals surface area contributed by atoms with Crippen LogP contribution in [0.4, 0.5) is 5.69 Å². The van der Waals surface area contributed by atoms with Crippen molar-refractivity contribution in [3.8, 4) is 0 Å². The predicted molar refractivity (Wildman–Crippen MR) is 142 cm³/mol. The van der Waals surface area contributed by atoms with Gasteiger partial charge < -0.3 is 31.1 Å². The maximum Gasteiger partial charge on any atom is 0.289 e. The predicted octanol–water partition coefficient (Wildman–Crippen LogP) is -0.325. The van der Waals surface area contributed by atoms with E-state index in [9.17, 15) is 24.0 Å². The second-order valence-electron chi connectivity index (χ2n) is 9.12. The number of ketones is 1. The van der Waals surface area contributed by atoms with Crippen LogP contribution in [0.2, 0.25) is 0 Å². The molecule has 0 bridgehead atoms. The second-order valence-corrected chi connectivity index (χ2v) is 9.12. The quantitative estimate of drug-likeness (QED) is 0.297. The van der Waals surface area contributed by atoms with Gasteiger partial charge in [0.2, 0.25) is 17.6 Å². The molecule has 4 amide bonds. The highest BCUT2D eigenvalue weighted by Gasteiger charge is 2.20. The van der Waals surface area contributed by atoms with Crippen molar-refractivity contribution < 1.29 is 24.0 Å². The molecule has 11 heteroatoms. The number of rotatable bonds is 11. The van der Waals surface area contributed by atoms with E-state index in [1.165, 1.54) is 6.92 Å². The molecule has 2 aromatic carbocycles. The summed E-state index contributed by atoms with van der Waals surface area (Å²) in [6, 6.07) is 15.3. The maximum atomic E-state index is 12.2. The van der Waals surface area contributed by atoms with E-state index in [0.29, 0.717) is 5.56 Å². The van der Waals surface area contributed by atoms with E-state index in [1.807, 2.05) is 24.3 Å². The third-order valence-corrected chi connectivity index (χ3v) is 6.15. The number of amides is 4. The van der Waals surface area contributed by atoms with Gasteiger partial charge in [0.15, 0.2) is 0 Å². The summed E-state index contributed by atoms with van der Waals surface area (Å²) in [5, 5.41) is 9.80. The first-order valence-electron chi connectivity index (χ1n) is 12.5. The van der Waals surface area contributed by atoms with Gasteiger partial charge in [0, 0.05) is 44.0 Å². The van der Waals surface area contributed by atoms with Crippen molar-refractivity contribution in [1.29, 1.82) is 0 Å². The highest BCUT2D eigenvalue weighted by molar-refractivity contribution is 6.37. The van der Waals surface area contributed by atoms with Crippen LogP contribution in [0.5, 0.6) is 0 Å². The Morgan fingerprint density at radius 3 is 2.13 bits per heavy atom. The first-order chi connectivity index (χ1) is 18.2. The minimum absolute atomic E-state index is 0.183. The molecule has 1 saturated heterocycles. The van der Waals surface area contributed by atoms with Crippen molar-refractivity contribution in [3.63, 3.8) is 0 Å². The van der Waals surface area contributed by atoms with Gasteiger partial charge in [-0.25, -0.2) is 0 Å². The zero-order valence-electron chi connectivity index (χ0n) is 21.7. The summed E-state index contributed by atoms with van der Waals surface area (Å²) in [6.45, 7) is 4.73. The van der Waals surface area contributed by atoms with Crippen molar-refractivity contribution in [2.45, 2.75) is 19.5 Å². The number of piperazine rings is 1. The fraction of sp³-hybridized carbons (Fsp3) is 0.370. The van der Waals surface area contributed by atoms with Gasteiger partial charge in [-0.1, -0.05) is 30.3 Å². The number of nitrogens with zero attached hydrogens (tertiary/aromatic N) is 2. The minimum atomic E-state index is -0.967. The van der Waals surface area contributed by atoms with Crippen LogP contribution in [-0.4, -0.2) is 86.7 Å². The van der Waals surface area contributed by atoms with Gasteiger partial charge in [0.25, 0.3) is 11.8 Å². The van der Waals surface area contributed by atoms with Crippen LogP contribution < -0.4 is 26.2 Å². The average molecular weight is 523 g/mol. The lowest BCUT2D eigenvalue weighted by molar-refractivity contribution is -0.138. The average Bonchev–Trinajstić information content (AvgIpc) is 2.94. The molecule has 1 fully saturated rings. The molecule has 202 valence electrons. The summed E-state index contributed by atoms with van der Waals surface area (Å²) in [5.41, 5.74) is 2.38. The van der Waals surface area contributed by atoms with Crippen LogP contribution >= 0.6 is 0 Å². The van der Waals surface area contributed by atoms with Gasteiger partial charge in [-0.2, -0.15) is 0 Å². The number of carbonyl (C=O) groups is 5. The molecule has 2 aromatic rings. The van der Waals surface area contributed by atoms with E-state index in [2.05, 4.69) is 38.1 Å². The molecule has 3 rings (SSSR count). The summed E-state index contributed by atoms with van der Waals surface area (Å²) < 4.78 is 0. The molecular formula is C27H34N6O5. The lowest BCUT2D eigenvalue weighted by Crippen LogP contribution is -2.49. The summed E-state index contributed by atoms with van der Waals surface area (Å²) in [6.07, 6.45) is 0. The Bertz CT molecular complexity index is 1130. The molecule has 0 aromatic heterocycles. The normalized spacial score (nSPS) is 14.2. The van der Waals surface area contributed by atoms with E-state index < -0.39 is 42.0 Å². The van der Waals surface area contributed by atoms with Crippen LogP contribution in [0.3, 0.4) is 0 Å². The second kappa shape index (κ2) is 13.9. The fourth-order valence-electron chi connectivity index (χ4n) is 3.78. The third-order valence-electron chi connectivity index (χ3n) is 6.15. The molecule has 38 heavy (non-hydrogen) atoms. The molecule has 1 heterocycles. The van der Waals surface area contributed by atoms with Gasteiger partial charge in [0.1, 0.15) is 6.04 Å². The summed E-state index contributed by atoms with van der Waals surface area (Å²) in [4.78, 5) is 65.1. The van der Waals surface area contributed by atoms with Crippen molar-refractivity contribution in [2.24, 2.45) is 0 Å². The smallest absolute Gasteiger partial charge is 0.289 e. The van der Waals surface area contributed by atoms with Crippen LogP contribution in [0, 0.1) is 0 Å². The topological polar surface area (TPSA) is 140 Å². The Balaban J connectivity index is 1.33. The zero-order chi connectivity index (χ0) is 27.5. The number of nitrogens with one attached hydrogen (secondary N) is 4. The minimum Gasteiger partial charge on any atom is -0.369 e. The van der Waals surface area contributed by atoms with Gasteiger partial charge >= 0.3 is 0 Å². The maximum absolute atomic E-state index is 12.2. The molecule has 1 atom stereocenters. The first-order valence-corrected chi connectivity index (χ1v) is 12.5. The Morgan fingerprint density at radius 2 is 1.47 bits per heavy atom. The molecule has 1 aliphatic heterocycles. The standard InChI is InChI=1S/C27H34N6O5/c1-19(31-24(35)18-30-26(37)21-6-4-3-5-7-21)25(36)29-17-23(34)27(38)28-16-20-8-10-22(11-9-20)33-14-12-32(2)13-15-33/h3-11,19H,12-18H2,1-2H3,(H,28,38)(H,29,36)(H,30,37)(H,31,35)/t19-/m0/s1. The summed E-state index contributed by atoms with van der Waals surface area (Å²) in [5.74, 6) is -3.23. The molecule has 0 spiro atoms. The molecular weight excluding hydrogens is 488 g/mol. The SMILES string of the molecule is C[C@H](NC(=O)CNC(=O)c1ccccc1)C(=O)NCC(=O)C(=O)NCc1ccc(N2CCN(C)CC2)cc1. The van der Waals surface area contributed by atoms with E-state index >= 15 is 0 Å². The van der Waals surface area contributed by atoms with Crippen LogP contribution in [0.25, 0.3) is 0 Å². The van der Waals surface area contributed by atoms with Crippen LogP contribution in [0.15, 0.2) is 54.6 Å². The Labute approximate surface area is 221 Å². The largest absolute Gasteiger partial charge is 0.369 e. The molecule has 0 radical (unpaired) electrons. The Morgan fingerprint density at radius 1 is 0.816 bits per heavy atom. The molecule has 0 unspecified atom stereocenters. The molecule has 1 aliphatic rings. The number of Topliss-reactive ketones (excluding diaryl/α,β-unsaturated/α-hetero) is 1. The zero-order valence-corrected chi connectivity index (χ0v) is 21.7. The van der Waals surface area contributed by atoms with Gasteiger partial charge in [-0.3, -0.25) is 24.0 Å². The molecule has 0 aliphatic carbocycles. The first kappa shape index (κ1) is 28.3. The van der Waals surface area contributed by atoms with Crippen molar-refractivity contribution in [3.05, 3.63) is 65.7 Å². The fourth-order valence-corrected chi connectivity index (χ4v) is 3.78. The van der Waals surface area contributed by atoms with E-state index in [1.54, 1.807) is 30.3 Å². The molecule has 0 saturated carbocycles. The number of benzene rings is 2. The lowest BCUT2D eigenvalue weighted by atomic mass is 10.1. The van der Waals surface area contributed by atoms with E-state index in [0.717, 1.165) is 37.4 Å². The highest BCUT2D eigenvalue weighted by atomic mass is 16.2. The highest BCUT2D eigenvalue weighted by Crippen LogP contribution is 2.17. The number of hydrogen-bond donors (Lipinski definition) is 4. The van der Waals surface area contributed by atoms with Crippen molar-refractivity contribution >= 4 is 35.1 Å². The number of likely N-dealkylation sites (N-methyl/N-ethyl adjacent to an activating group) is 1. The molecule has 4 N–H and O–H groups in total. The number of carbonyl (C=O) groups excluding carboxylic acids is 5. The van der Waals surface area contributed by atoms with Gasteiger partial charge in [-0.05, 0) is 43.8 Å². The van der Waals surface area contributed by atoms with Crippen LogP contribution in [0.1, 0.15) is 22.8 Å². The van der Waals surface area contributed by atoms with Gasteiger partial charge in [-0.15, -0.1) is 0 Å². The Kier molecular flexibility index (Phi) is 10.4. The third kappa shape index (κ3) is 8.70. The van der Waals surface area contributed by atoms with E-state index in [4.69, 9.17) is 0 Å². The summed E-state index contributed by atoms with van der Waals surface area (Å²) >= 11 is 0. The van der Waals surface area contributed by atoms with Crippen LogP contribution in [-0.2, 0) is 25.7 Å². The summed E-state index contributed by atoms with van der Waals surface area (Å²) in [7, 11) is 2.10. The lowest BCUT2D eigenvalue weighted by Gasteiger charge is -2.34. The van der Waals surface area contributed by atoms with E-state index in [-0.39, 0.29) is 13.1 Å². The monoisotopic (exact) mass is 522 g/mol. The number of hydrogen-bond acceptors (Lipinski definition) is 7.